The van der Waals surface area contributed by atoms with Gasteiger partial charge in [-0.2, -0.15) is 5.26 Å². The van der Waals surface area contributed by atoms with Crippen molar-refractivity contribution in [3.8, 4) is 73.7 Å². The van der Waals surface area contributed by atoms with Gasteiger partial charge in [0, 0.05) is 27.8 Å². The zero-order chi connectivity index (χ0) is 34.6. The van der Waals surface area contributed by atoms with Crippen LogP contribution in [-0.4, -0.2) is 9.97 Å². The molecule has 0 saturated carbocycles. The van der Waals surface area contributed by atoms with Crippen LogP contribution in [0.2, 0.25) is 0 Å². The number of benzene rings is 7. The van der Waals surface area contributed by atoms with Crippen LogP contribution in [-0.2, 0) is 5.41 Å². The smallest absolute Gasteiger partial charge is 0.160 e. The van der Waals surface area contributed by atoms with Crippen LogP contribution in [0.25, 0.3) is 56.2 Å². The Morgan fingerprint density at radius 1 is 0.423 bits per heavy atom. The number of nitrogens with zero attached hydrogens (tertiary/aromatic N) is 3. The minimum absolute atomic E-state index is 0.569. The third-order valence-electron chi connectivity index (χ3n) is 10.4. The van der Waals surface area contributed by atoms with Gasteiger partial charge in [-0.1, -0.05) is 127 Å². The van der Waals surface area contributed by atoms with Gasteiger partial charge in [-0.25, -0.2) is 9.97 Å². The van der Waals surface area contributed by atoms with Crippen LogP contribution in [0.15, 0.2) is 176 Å². The molecule has 0 N–H and O–H groups in total. The van der Waals surface area contributed by atoms with Gasteiger partial charge in [0.05, 0.1) is 28.4 Å². The molecule has 1 aromatic heterocycles. The van der Waals surface area contributed by atoms with Crippen LogP contribution in [0.1, 0.15) is 27.8 Å². The van der Waals surface area contributed by atoms with Crippen LogP contribution in [0, 0.1) is 11.3 Å². The lowest BCUT2D eigenvalue weighted by atomic mass is 9.66. The Morgan fingerprint density at radius 2 is 0.981 bits per heavy atom. The van der Waals surface area contributed by atoms with Crippen LogP contribution >= 0.6 is 0 Å². The molecule has 4 heteroatoms. The predicted octanol–water partition coefficient (Wildman–Crippen LogP) is 11.5. The van der Waals surface area contributed by atoms with Gasteiger partial charge in [-0.15, -0.1) is 0 Å². The predicted molar refractivity (Wildman–Crippen MR) is 206 cm³/mol. The highest BCUT2D eigenvalue weighted by atomic mass is 16.5. The number of fused-ring (bicyclic) bond motifs is 9. The second kappa shape index (κ2) is 11.8. The molecule has 52 heavy (non-hydrogen) atoms. The third kappa shape index (κ3) is 4.54. The molecule has 1 spiro atoms. The number of aromatic nitrogens is 2. The van der Waals surface area contributed by atoms with E-state index in [-0.39, 0.29) is 0 Å². The fourth-order valence-electron chi connectivity index (χ4n) is 8.07. The molecule has 242 valence electrons. The van der Waals surface area contributed by atoms with E-state index in [1.165, 1.54) is 22.3 Å². The number of ether oxygens (including phenoxy) is 1. The molecule has 0 bridgehead atoms. The van der Waals surface area contributed by atoms with E-state index in [1.807, 2.05) is 48.5 Å². The number of nitriles is 1. The highest BCUT2D eigenvalue weighted by Crippen LogP contribution is 2.62. The molecule has 0 amide bonds. The average Bonchev–Trinajstić information content (AvgIpc) is 3.52. The topological polar surface area (TPSA) is 58.8 Å². The first-order valence-corrected chi connectivity index (χ1v) is 17.4. The van der Waals surface area contributed by atoms with Crippen molar-refractivity contribution in [3.05, 3.63) is 204 Å². The molecule has 1 aliphatic carbocycles. The Morgan fingerprint density at radius 3 is 1.69 bits per heavy atom. The maximum atomic E-state index is 9.32. The van der Waals surface area contributed by atoms with E-state index >= 15 is 0 Å². The van der Waals surface area contributed by atoms with E-state index in [0.717, 1.165) is 61.8 Å². The second-order valence-electron chi connectivity index (χ2n) is 13.2. The largest absolute Gasteiger partial charge is 0.457 e. The summed E-state index contributed by atoms with van der Waals surface area (Å²) in [5.41, 5.74) is 13.9. The molecule has 2 aliphatic rings. The molecular formula is C48H29N3O. The molecule has 0 saturated heterocycles. The molecule has 8 aromatic rings. The number of para-hydroxylation sites is 1. The zero-order valence-electron chi connectivity index (χ0n) is 28.0. The summed E-state index contributed by atoms with van der Waals surface area (Å²) >= 11 is 0. The van der Waals surface area contributed by atoms with Gasteiger partial charge >= 0.3 is 0 Å². The summed E-state index contributed by atoms with van der Waals surface area (Å²) in [5, 5.41) is 9.32. The summed E-state index contributed by atoms with van der Waals surface area (Å²) in [7, 11) is 0. The lowest BCUT2D eigenvalue weighted by Gasteiger charge is -2.39. The van der Waals surface area contributed by atoms with Gasteiger partial charge in [-0.05, 0) is 81.9 Å². The van der Waals surface area contributed by atoms with E-state index in [1.54, 1.807) is 0 Å². The van der Waals surface area contributed by atoms with Crippen molar-refractivity contribution in [1.82, 2.24) is 9.97 Å². The van der Waals surface area contributed by atoms with E-state index < -0.39 is 5.41 Å². The summed E-state index contributed by atoms with van der Waals surface area (Å²) in [4.78, 5) is 10.3. The lowest BCUT2D eigenvalue weighted by molar-refractivity contribution is 0.436. The van der Waals surface area contributed by atoms with Gasteiger partial charge in [-0.3, -0.25) is 0 Å². The standard InChI is InChI=1S/C48H29N3O/c49-30-31-21-23-32(24-22-31)34-13-10-14-35(27-34)43-29-44(51-47(50-43)33-11-2-1-3-12-33)36-25-26-46-42(28-36)48(41-19-8-9-20-45(41)52-46)39-17-6-4-15-37(39)38-16-5-7-18-40(38)48/h1-29H. The SMILES string of the molecule is N#Cc1ccc(-c2cccc(-c3cc(-c4ccc5c(c4)C4(c6ccccc6O5)c5ccccc5-c5ccccc54)nc(-c4ccccc4)n3)c2)cc1. The summed E-state index contributed by atoms with van der Waals surface area (Å²) in [5.74, 6) is 2.36. The first kappa shape index (κ1) is 29.8. The fourth-order valence-corrected chi connectivity index (χ4v) is 8.07. The highest BCUT2D eigenvalue weighted by Gasteiger charge is 2.51. The third-order valence-corrected chi connectivity index (χ3v) is 10.4. The monoisotopic (exact) mass is 663 g/mol. The Hall–Kier alpha value is -7.09. The van der Waals surface area contributed by atoms with Crippen LogP contribution < -0.4 is 4.74 Å². The normalized spacial score (nSPS) is 12.9. The van der Waals surface area contributed by atoms with E-state index in [4.69, 9.17) is 14.7 Å². The summed E-state index contributed by atoms with van der Waals surface area (Å²) in [6, 6.07) is 63.0. The van der Waals surface area contributed by atoms with E-state index in [0.29, 0.717) is 11.4 Å². The summed E-state index contributed by atoms with van der Waals surface area (Å²) in [6.07, 6.45) is 0. The van der Waals surface area contributed by atoms with Crippen LogP contribution in [0.4, 0.5) is 0 Å². The van der Waals surface area contributed by atoms with Gasteiger partial charge in [0.1, 0.15) is 11.5 Å². The molecule has 2 heterocycles. The molecule has 7 aromatic carbocycles. The highest BCUT2D eigenvalue weighted by molar-refractivity contribution is 5.89. The molecule has 0 radical (unpaired) electrons. The number of rotatable bonds is 4. The molecular weight excluding hydrogens is 635 g/mol. The first-order valence-electron chi connectivity index (χ1n) is 17.4. The first-order chi connectivity index (χ1) is 25.7. The van der Waals surface area contributed by atoms with Gasteiger partial charge < -0.3 is 4.74 Å². The minimum atomic E-state index is -0.569. The van der Waals surface area contributed by atoms with Crippen molar-refractivity contribution in [1.29, 1.82) is 5.26 Å². The fraction of sp³-hybridized carbons (Fsp3) is 0.0208. The number of hydrogen-bond donors (Lipinski definition) is 0. The zero-order valence-corrected chi connectivity index (χ0v) is 28.0. The maximum Gasteiger partial charge on any atom is 0.160 e. The van der Waals surface area contributed by atoms with Crippen LogP contribution in [0.5, 0.6) is 11.5 Å². The van der Waals surface area contributed by atoms with Crippen molar-refractivity contribution in [3.63, 3.8) is 0 Å². The Kier molecular flexibility index (Phi) is 6.74. The van der Waals surface area contributed by atoms with Crippen LogP contribution in [0.3, 0.4) is 0 Å². The molecule has 1 aliphatic heterocycles. The van der Waals surface area contributed by atoms with Gasteiger partial charge in [0.2, 0.25) is 0 Å². The van der Waals surface area contributed by atoms with Crippen molar-refractivity contribution < 1.29 is 4.74 Å². The summed E-state index contributed by atoms with van der Waals surface area (Å²) < 4.78 is 6.69. The minimum Gasteiger partial charge on any atom is -0.457 e. The Labute approximate surface area is 301 Å². The lowest BCUT2D eigenvalue weighted by Crippen LogP contribution is -2.32. The second-order valence-corrected chi connectivity index (χ2v) is 13.2. The number of hydrogen-bond acceptors (Lipinski definition) is 4. The quantitative estimate of drug-likeness (QED) is 0.188. The van der Waals surface area contributed by atoms with E-state index in [2.05, 4.69) is 133 Å². The molecule has 0 unspecified atom stereocenters. The van der Waals surface area contributed by atoms with E-state index in [9.17, 15) is 5.26 Å². The van der Waals surface area contributed by atoms with Gasteiger partial charge in [0.15, 0.2) is 5.82 Å². The summed E-state index contributed by atoms with van der Waals surface area (Å²) in [6.45, 7) is 0. The Bertz CT molecular complexity index is 2680. The van der Waals surface area contributed by atoms with Crippen molar-refractivity contribution in [2.45, 2.75) is 5.41 Å². The maximum absolute atomic E-state index is 9.32. The molecule has 0 atom stereocenters. The van der Waals surface area contributed by atoms with Crippen molar-refractivity contribution >= 4 is 0 Å². The molecule has 10 rings (SSSR count). The average molecular weight is 664 g/mol. The molecule has 0 fully saturated rings. The van der Waals surface area contributed by atoms with Crippen molar-refractivity contribution in [2.24, 2.45) is 0 Å². The Balaban J connectivity index is 1.19. The molecule has 4 nitrogen and oxygen atoms in total. The van der Waals surface area contributed by atoms with Gasteiger partial charge in [0.25, 0.3) is 0 Å². The van der Waals surface area contributed by atoms with Crippen molar-refractivity contribution in [2.75, 3.05) is 0 Å².